The Balaban J connectivity index is 1.67. The molecule has 3 heterocycles. The smallest absolute Gasteiger partial charge is 0.134 e. The maximum absolute atomic E-state index is 4.49. The summed E-state index contributed by atoms with van der Waals surface area (Å²) in [5.74, 6) is 2.77. The van der Waals surface area contributed by atoms with E-state index in [2.05, 4.69) is 30.5 Å². The van der Waals surface area contributed by atoms with Crippen molar-refractivity contribution < 1.29 is 0 Å². The van der Waals surface area contributed by atoms with Gasteiger partial charge in [0, 0.05) is 37.9 Å². The van der Waals surface area contributed by atoms with Crippen LogP contribution in [0.2, 0.25) is 0 Å². The second-order valence-electron chi connectivity index (χ2n) is 5.55. The Bertz CT molecular complexity index is 630. The first-order chi connectivity index (χ1) is 10.8. The second-order valence-corrected chi connectivity index (χ2v) is 5.55. The summed E-state index contributed by atoms with van der Waals surface area (Å²) < 4.78 is 0. The van der Waals surface area contributed by atoms with Gasteiger partial charge in [-0.2, -0.15) is 0 Å². The van der Waals surface area contributed by atoms with Crippen LogP contribution in [0.4, 0.5) is 17.5 Å². The fraction of sp³-hybridized carbons (Fsp3) is 0.438. The average Bonchev–Trinajstić information content (AvgIpc) is 3.01. The van der Waals surface area contributed by atoms with E-state index in [1.165, 1.54) is 6.42 Å². The summed E-state index contributed by atoms with van der Waals surface area (Å²) in [7, 11) is 1.87. The van der Waals surface area contributed by atoms with E-state index >= 15 is 0 Å². The summed E-state index contributed by atoms with van der Waals surface area (Å²) >= 11 is 0. The lowest BCUT2D eigenvalue weighted by molar-refractivity contribution is 0.688. The van der Waals surface area contributed by atoms with Gasteiger partial charge in [-0.15, -0.1) is 0 Å². The van der Waals surface area contributed by atoms with Gasteiger partial charge >= 0.3 is 0 Å². The van der Waals surface area contributed by atoms with E-state index in [1.807, 2.05) is 38.2 Å². The topological polar surface area (TPSA) is 66.0 Å². The first-order valence-corrected chi connectivity index (χ1v) is 7.70. The molecule has 0 amide bonds. The van der Waals surface area contributed by atoms with Crippen molar-refractivity contribution in [1.82, 2.24) is 15.0 Å². The van der Waals surface area contributed by atoms with Crippen molar-refractivity contribution in [3.8, 4) is 0 Å². The molecule has 0 spiro atoms. The molecule has 1 atom stereocenters. The predicted molar refractivity (Wildman–Crippen MR) is 89.4 cm³/mol. The van der Waals surface area contributed by atoms with Gasteiger partial charge in [-0.05, 0) is 31.9 Å². The molecule has 2 aromatic heterocycles. The van der Waals surface area contributed by atoms with Gasteiger partial charge in [0.15, 0.2) is 0 Å². The maximum atomic E-state index is 4.49. The summed E-state index contributed by atoms with van der Waals surface area (Å²) in [6.45, 7) is 3.91. The molecule has 6 nitrogen and oxygen atoms in total. The van der Waals surface area contributed by atoms with Gasteiger partial charge in [0.25, 0.3) is 0 Å². The Morgan fingerprint density at radius 3 is 3.00 bits per heavy atom. The first-order valence-electron chi connectivity index (χ1n) is 7.70. The van der Waals surface area contributed by atoms with Crippen molar-refractivity contribution in [1.29, 1.82) is 0 Å². The fourth-order valence-corrected chi connectivity index (χ4v) is 2.85. The third-order valence-corrected chi connectivity index (χ3v) is 3.99. The number of rotatable bonds is 5. The number of anilines is 3. The zero-order valence-electron chi connectivity index (χ0n) is 13.1. The number of hydrogen-bond acceptors (Lipinski definition) is 6. The molecule has 1 unspecified atom stereocenters. The molecule has 0 saturated carbocycles. The molecule has 1 fully saturated rings. The molecule has 22 heavy (non-hydrogen) atoms. The standard InChI is InChI=1S/C16H22N6/c1-12-5-3-7-14(21-12)18-10-13-6-4-8-22(13)16-9-15(17-2)19-11-20-16/h3,5,7,9,11,13H,4,6,8,10H2,1-2H3,(H,18,21)(H,17,19,20). The molecule has 0 radical (unpaired) electrons. The van der Waals surface area contributed by atoms with Crippen molar-refractivity contribution in [3.63, 3.8) is 0 Å². The molecule has 1 aliphatic heterocycles. The van der Waals surface area contributed by atoms with Crippen molar-refractivity contribution >= 4 is 17.5 Å². The number of hydrogen-bond donors (Lipinski definition) is 2. The van der Waals surface area contributed by atoms with E-state index in [0.717, 1.165) is 42.7 Å². The predicted octanol–water partition coefficient (Wildman–Crippen LogP) is 2.30. The van der Waals surface area contributed by atoms with E-state index in [1.54, 1.807) is 6.33 Å². The van der Waals surface area contributed by atoms with Crippen LogP contribution in [0.15, 0.2) is 30.6 Å². The average molecular weight is 298 g/mol. The normalized spacial score (nSPS) is 17.5. The Labute approximate surface area is 131 Å². The molecule has 1 aliphatic rings. The summed E-state index contributed by atoms with van der Waals surface area (Å²) in [5.41, 5.74) is 1.03. The summed E-state index contributed by atoms with van der Waals surface area (Å²) in [5, 5.41) is 6.51. The molecule has 6 heteroatoms. The highest BCUT2D eigenvalue weighted by Gasteiger charge is 2.25. The summed E-state index contributed by atoms with van der Waals surface area (Å²) in [4.78, 5) is 15.4. The lowest BCUT2D eigenvalue weighted by atomic mass is 10.2. The minimum Gasteiger partial charge on any atom is -0.373 e. The molecule has 3 rings (SSSR count). The highest BCUT2D eigenvalue weighted by Crippen LogP contribution is 2.25. The van der Waals surface area contributed by atoms with Gasteiger partial charge in [-0.3, -0.25) is 0 Å². The van der Waals surface area contributed by atoms with Crippen LogP contribution in [0.3, 0.4) is 0 Å². The van der Waals surface area contributed by atoms with Crippen LogP contribution in [0.25, 0.3) is 0 Å². The Hall–Kier alpha value is -2.37. The quantitative estimate of drug-likeness (QED) is 0.883. The zero-order valence-corrected chi connectivity index (χ0v) is 13.1. The Morgan fingerprint density at radius 1 is 1.27 bits per heavy atom. The molecule has 0 bridgehead atoms. The fourth-order valence-electron chi connectivity index (χ4n) is 2.85. The number of pyridine rings is 1. The maximum Gasteiger partial charge on any atom is 0.134 e. The Morgan fingerprint density at radius 2 is 2.18 bits per heavy atom. The molecule has 2 N–H and O–H groups in total. The van der Waals surface area contributed by atoms with Crippen LogP contribution < -0.4 is 15.5 Å². The number of nitrogens with zero attached hydrogens (tertiary/aromatic N) is 4. The van der Waals surface area contributed by atoms with E-state index in [4.69, 9.17) is 0 Å². The van der Waals surface area contributed by atoms with Crippen LogP contribution in [0.5, 0.6) is 0 Å². The van der Waals surface area contributed by atoms with E-state index < -0.39 is 0 Å². The highest BCUT2D eigenvalue weighted by atomic mass is 15.3. The molecule has 2 aromatic rings. The van der Waals surface area contributed by atoms with Gasteiger partial charge in [0.2, 0.25) is 0 Å². The third-order valence-electron chi connectivity index (χ3n) is 3.99. The third kappa shape index (κ3) is 3.27. The van der Waals surface area contributed by atoms with E-state index in [9.17, 15) is 0 Å². The van der Waals surface area contributed by atoms with Crippen LogP contribution in [-0.2, 0) is 0 Å². The highest BCUT2D eigenvalue weighted by molar-refractivity contribution is 5.50. The SMILES string of the molecule is CNc1cc(N2CCCC2CNc2cccc(C)n2)ncn1. The van der Waals surface area contributed by atoms with Gasteiger partial charge in [-0.1, -0.05) is 6.07 Å². The first kappa shape index (κ1) is 14.6. The number of nitrogens with one attached hydrogen (secondary N) is 2. The van der Waals surface area contributed by atoms with E-state index in [0.29, 0.717) is 6.04 Å². The summed E-state index contributed by atoms with van der Waals surface area (Å²) in [6.07, 6.45) is 3.97. The van der Waals surface area contributed by atoms with Crippen LogP contribution >= 0.6 is 0 Å². The van der Waals surface area contributed by atoms with Gasteiger partial charge in [0.1, 0.15) is 23.8 Å². The van der Waals surface area contributed by atoms with Gasteiger partial charge in [-0.25, -0.2) is 15.0 Å². The second kappa shape index (κ2) is 6.60. The van der Waals surface area contributed by atoms with Crippen molar-refractivity contribution in [2.75, 3.05) is 35.7 Å². The molecule has 116 valence electrons. The lowest BCUT2D eigenvalue weighted by Crippen LogP contribution is -2.35. The molecular weight excluding hydrogens is 276 g/mol. The molecule has 0 aromatic carbocycles. The van der Waals surface area contributed by atoms with Crippen molar-refractivity contribution in [2.45, 2.75) is 25.8 Å². The summed E-state index contributed by atoms with van der Waals surface area (Å²) in [6, 6.07) is 8.48. The molecule has 1 saturated heterocycles. The van der Waals surface area contributed by atoms with Crippen LogP contribution in [-0.4, -0.2) is 41.1 Å². The minimum atomic E-state index is 0.432. The van der Waals surface area contributed by atoms with E-state index in [-0.39, 0.29) is 0 Å². The van der Waals surface area contributed by atoms with Gasteiger partial charge < -0.3 is 15.5 Å². The molecular formula is C16H22N6. The molecule has 0 aliphatic carbocycles. The zero-order chi connectivity index (χ0) is 15.4. The lowest BCUT2D eigenvalue weighted by Gasteiger charge is -2.26. The monoisotopic (exact) mass is 298 g/mol. The largest absolute Gasteiger partial charge is 0.373 e. The number of aromatic nitrogens is 3. The van der Waals surface area contributed by atoms with Crippen molar-refractivity contribution in [3.05, 3.63) is 36.3 Å². The van der Waals surface area contributed by atoms with Crippen LogP contribution in [0.1, 0.15) is 18.5 Å². The van der Waals surface area contributed by atoms with Crippen molar-refractivity contribution in [2.24, 2.45) is 0 Å². The Kier molecular flexibility index (Phi) is 4.37. The number of aryl methyl sites for hydroxylation is 1. The van der Waals surface area contributed by atoms with Crippen LogP contribution in [0, 0.1) is 6.92 Å². The van der Waals surface area contributed by atoms with Gasteiger partial charge in [0.05, 0.1) is 0 Å². The minimum absolute atomic E-state index is 0.432.